The van der Waals surface area contributed by atoms with Crippen molar-refractivity contribution >= 4 is 23.2 Å². The first-order valence-electron chi connectivity index (χ1n) is 8.20. The minimum Gasteiger partial charge on any atom is -0.347 e. The molecule has 0 saturated heterocycles. The van der Waals surface area contributed by atoms with Crippen LogP contribution in [-0.2, 0) is 0 Å². The van der Waals surface area contributed by atoms with Crippen LogP contribution >= 0.6 is 11.6 Å². The van der Waals surface area contributed by atoms with Gasteiger partial charge in [0.1, 0.15) is 5.02 Å². The SMILES string of the molecule is O=C(NC12CC3CC(CC(C3)C1)C2)c1ccc(Cl)c([N+](=O)[O-])c1. The van der Waals surface area contributed by atoms with Gasteiger partial charge < -0.3 is 5.32 Å². The summed E-state index contributed by atoms with van der Waals surface area (Å²) >= 11 is 5.82. The Bertz CT molecular complexity index is 653. The van der Waals surface area contributed by atoms with Gasteiger partial charge in [-0.2, -0.15) is 0 Å². The predicted molar refractivity (Wildman–Crippen MR) is 86.5 cm³/mol. The molecule has 0 atom stereocenters. The molecule has 122 valence electrons. The zero-order valence-electron chi connectivity index (χ0n) is 12.8. The number of nitro benzene ring substituents is 1. The number of benzene rings is 1. The van der Waals surface area contributed by atoms with E-state index in [1.807, 2.05) is 0 Å². The Kier molecular flexibility index (Phi) is 3.38. The maximum Gasteiger partial charge on any atom is 0.288 e. The molecule has 4 bridgehead atoms. The van der Waals surface area contributed by atoms with Gasteiger partial charge in [0.25, 0.3) is 11.6 Å². The van der Waals surface area contributed by atoms with E-state index in [-0.39, 0.29) is 22.2 Å². The summed E-state index contributed by atoms with van der Waals surface area (Å²) in [7, 11) is 0. The molecule has 0 spiro atoms. The van der Waals surface area contributed by atoms with Crippen LogP contribution in [0.25, 0.3) is 0 Å². The number of nitrogens with one attached hydrogen (secondary N) is 1. The highest BCUT2D eigenvalue weighted by molar-refractivity contribution is 6.32. The Morgan fingerprint density at radius 1 is 1.17 bits per heavy atom. The van der Waals surface area contributed by atoms with Gasteiger partial charge in [-0.15, -0.1) is 0 Å². The number of nitro groups is 1. The first-order chi connectivity index (χ1) is 10.9. The lowest BCUT2D eigenvalue weighted by atomic mass is 9.53. The molecule has 4 saturated carbocycles. The average molecular weight is 335 g/mol. The van der Waals surface area contributed by atoms with Gasteiger partial charge >= 0.3 is 0 Å². The third kappa shape index (κ3) is 2.61. The smallest absolute Gasteiger partial charge is 0.288 e. The van der Waals surface area contributed by atoms with Gasteiger partial charge in [0.05, 0.1) is 4.92 Å². The third-order valence-corrected chi connectivity index (χ3v) is 6.14. The van der Waals surface area contributed by atoms with Gasteiger partial charge in [0.2, 0.25) is 0 Å². The largest absolute Gasteiger partial charge is 0.347 e. The summed E-state index contributed by atoms with van der Waals surface area (Å²) in [4.78, 5) is 23.1. The van der Waals surface area contributed by atoms with Gasteiger partial charge in [0.15, 0.2) is 0 Å². The van der Waals surface area contributed by atoms with E-state index in [0.29, 0.717) is 5.56 Å². The van der Waals surface area contributed by atoms with Gasteiger partial charge in [-0.3, -0.25) is 14.9 Å². The maximum atomic E-state index is 12.6. The van der Waals surface area contributed by atoms with Crippen LogP contribution in [0.4, 0.5) is 5.69 Å². The Labute approximate surface area is 139 Å². The number of hydrogen-bond donors (Lipinski definition) is 1. The topological polar surface area (TPSA) is 72.2 Å². The van der Waals surface area contributed by atoms with Gasteiger partial charge in [-0.1, -0.05) is 11.6 Å². The Morgan fingerprint density at radius 2 is 1.74 bits per heavy atom. The van der Waals surface area contributed by atoms with Crippen molar-refractivity contribution in [1.82, 2.24) is 5.32 Å². The summed E-state index contributed by atoms with van der Waals surface area (Å²) in [6.45, 7) is 0. The lowest BCUT2D eigenvalue weighted by Gasteiger charge is -2.56. The van der Waals surface area contributed by atoms with E-state index in [2.05, 4.69) is 5.32 Å². The summed E-state index contributed by atoms with van der Waals surface area (Å²) in [5, 5.41) is 14.3. The van der Waals surface area contributed by atoms with E-state index in [1.54, 1.807) is 6.07 Å². The lowest BCUT2D eigenvalue weighted by molar-refractivity contribution is -0.384. The van der Waals surface area contributed by atoms with Crippen molar-refractivity contribution in [1.29, 1.82) is 0 Å². The van der Waals surface area contributed by atoms with Crippen LogP contribution in [-0.4, -0.2) is 16.4 Å². The summed E-state index contributed by atoms with van der Waals surface area (Å²) in [5.74, 6) is 2.00. The Balaban J connectivity index is 1.56. The van der Waals surface area contributed by atoms with Crippen LogP contribution in [0.1, 0.15) is 48.9 Å². The van der Waals surface area contributed by atoms with Crippen molar-refractivity contribution < 1.29 is 9.72 Å². The van der Waals surface area contributed by atoms with E-state index in [9.17, 15) is 14.9 Å². The fourth-order valence-electron chi connectivity index (χ4n) is 5.37. The summed E-state index contributed by atoms with van der Waals surface area (Å²) in [5.41, 5.74) is 0.00180. The molecule has 5 nitrogen and oxygen atoms in total. The van der Waals surface area contributed by atoms with Crippen LogP contribution in [0.2, 0.25) is 5.02 Å². The van der Waals surface area contributed by atoms with E-state index in [1.165, 1.54) is 31.4 Å². The highest BCUT2D eigenvalue weighted by Crippen LogP contribution is 2.55. The Hall–Kier alpha value is -1.62. The number of halogens is 1. The maximum absolute atomic E-state index is 12.6. The van der Waals surface area contributed by atoms with E-state index in [4.69, 9.17) is 11.6 Å². The minimum absolute atomic E-state index is 0.0568. The number of carbonyl (C=O) groups excluding carboxylic acids is 1. The molecule has 0 heterocycles. The standard InChI is InChI=1S/C17H19ClN2O3/c18-14-2-1-13(6-15(14)20(22)23)16(21)19-17-7-10-3-11(8-17)5-12(4-10)9-17/h1-2,6,10-12H,3-5,7-9H2,(H,19,21). The van der Waals surface area contributed by atoms with Crippen molar-refractivity contribution in [2.24, 2.45) is 17.8 Å². The molecule has 1 aromatic carbocycles. The molecule has 6 heteroatoms. The molecule has 23 heavy (non-hydrogen) atoms. The number of hydrogen-bond acceptors (Lipinski definition) is 3. The number of carbonyl (C=O) groups is 1. The Morgan fingerprint density at radius 3 is 2.26 bits per heavy atom. The molecule has 1 aromatic rings. The van der Waals surface area contributed by atoms with Gasteiger partial charge in [0, 0.05) is 17.2 Å². The molecule has 0 aliphatic heterocycles. The van der Waals surface area contributed by atoms with E-state index >= 15 is 0 Å². The number of nitrogens with zero attached hydrogens (tertiary/aromatic N) is 1. The molecule has 4 aliphatic rings. The zero-order valence-corrected chi connectivity index (χ0v) is 13.5. The van der Waals surface area contributed by atoms with Crippen LogP contribution in [0.15, 0.2) is 18.2 Å². The summed E-state index contributed by atoms with van der Waals surface area (Å²) in [6.07, 6.45) is 7.09. The van der Waals surface area contributed by atoms with Crippen molar-refractivity contribution in [2.75, 3.05) is 0 Å². The molecule has 1 amide bonds. The molecule has 0 unspecified atom stereocenters. The van der Waals surface area contributed by atoms with Crippen LogP contribution in [0, 0.1) is 27.9 Å². The molecular weight excluding hydrogens is 316 g/mol. The van der Waals surface area contributed by atoms with Crippen molar-refractivity contribution in [3.8, 4) is 0 Å². The molecule has 0 aromatic heterocycles. The van der Waals surface area contributed by atoms with Gasteiger partial charge in [-0.05, 0) is 68.4 Å². The van der Waals surface area contributed by atoms with E-state index < -0.39 is 4.92 Å². The van der Waals surface area contributed by atoms with Crippen molar-refractivity contribution in [2.45, 2.75) is 44.1 Å². The fourth-order valence-corrected chi connectivity index (χ4v) is 5.56. The molecule has 4 fully saturated rings. The first kappa shape index (κ1) is 14.9. The highest BCUT2D eigenvalue weighted by Gasteiger charge is 2.51. The minimum atomic E-state index is -0.552. The average Bonchev–Trinajstić information content (AvgIpc) is 2.45. The normalized spacial score (nSPS) is 34.4. The predicted octanol–water partition coefficient (Wildman–Crippen LogP) is 3.95. The van der Waals surface area contributed by atoms with Crippen LogP contribution in [0.3, 0.4) is 0 Å². The molecule has 5 rings (SSSR count). The van der Waals surface area contributed by atoms with Crippen molar-refractivity contribution in [3.05, 3.63) is 38.9 Å². The highest BCUT2D eigenvalue weighted by atomic mass is 35.5. The van der Waals surface area contributed by atoms with E-state index in [0.717, 1.165) is 37.0 Å². The second kappa shape index (κ2) is 5.20. The number of amides is 1. The fraction of sp³-hybridized carbons (Fsp3) is 0.588. The quantitative estimate of drug-likeness (QED) is 0.672. The lowest BCUT2D eigenvalue weighted by Crippen LogP contribution is -2.59. The summed E-state index contributed by atoms with van der Waals surface area (Å²) in [6, 6.07) is 4.26. The number of rotatable bonds is 3. The van der Waals surface area contributed by atoms with Gasteiger partial charge in [-0.25, -0.2) is 0 Å². The first-order valence-corrected chi connectivity index (χ1v) is 8.58. The molecule has 4 aliphatic carbocycles. The van der Waals surface area contributed by atoms with Crippen molar-refractivity contribution in [3.63, 3.8) is 0 Å². The second-order valence-corrected chi connectivity index (χ2v) is 7.98. The molecule has 1 N–H and O–H groups in total. The summed E-state index contributed by atoms with van der Waals surface area (Å²) < 4.78 is 0. The zero-order chi connectivity index (χ0) is 16.2. The molecule has 0 radical (unpaired) electrons. The van der Waals surface area contributed by atoms with Crippen LogP contribution < -0.4 is 5.32 Å². The molecular formula is C17H19ClN2O3. The van der Waals surface area contributed by atoms with Crippen LogP contribution in [0.5, 0.6) is 0 Å². The third-order valence-electron chi connectivity index (χ3n) is 5.82. The second-order valence-electron chi connectivity index (χ2n) is 7.58. The monoisotopic (exact) mass is 334 g/mol.